The van der Waals surface area contributed by atoms with Gasteiger partial charge in [-0.1, -0.05) is 36.4 Å². The minimum absolute atomic E-state index is 0.535. The number of nitrogens with one attached hydrogen (secondary N) is 1. The van der Waals surface area contributed by atoms with Crippen LogP contribution < -0.4 is 27.0 Å². The molecule has 6 nitrogen and oxygen atoms in total. The van der Waals surface area contributed by atoms with E-state index in [-0.39, 0.29) is 0 Å². The molecule has 0 saturated heterocycles. The fraction of sp³-hybridized carbons (Fsp3) is 0. The molecule has 0 atom stereocenters. The largest absolute Gasteiger partial charge is 0.350 e. The Morgan fingerprint density at radius 1 is 0.680 bits per heavy atom. The van der Waals surface area contributed by atoms with E-state index in [1.165, 1.54) is 0 Å². The van der Waals surface area contributed by atoms with Gasteiger partial charge in [0.2, 0.25) is 0 Å². The summed E-state index contributed by atoms with van der Waals surface area (Å²) in [5.74, 6) is 10.8. The van der Waals surface area contributed by atoms with Crippen LogP contribution in [0.15, 0.2) is 84.9 Å². The molecule has 0 aromatic heterocycles. The van der Waals surface area contributed by atoms with Crippen LogP contribution in [0.25, 0.3) is 0 Å². The van der Waals surface area contributed by atoms with Crippen LogP contribution in [0.3, 0.4) is 0 Å². The van der Waals surface area contributed by atoms with Gasteiger partial charge in [-0.15, -0.1) is 0 Å². The van der Waals surface area contributed by atoms with Crippen molar-refractivity contribution >= 4 is 28.8 Å². The molecule has 126 valence electrons. The summed E-state index contributed by atoms with van der Waals surface area (Å²) < 4.78 is 0. The maximum Gasteiger partial charge on any atom is 0.350 e. The second-order valence-corrected chi connectivity index (χ2v) is 5.34. The van der Waals surface area contributed by atoms with Crippen molar-refractivity contribution in [1.29, 1.82) is 0 Å². The molecule has 0 heterocycles. The predicted octanol–water partition coefficient (Wildman–Crippen LogP) is 3.42. The Morgan fingerprint density at radius 2 is 1.08 bits per heavy atom. The molecule has 0 aliphatic heterocycles. The number of carbonyl (C=O) groups excluding carboxylic acids is 1. The number of hydrogen-bond acceptors (Lipinski definition) is 4. The molecule has 3 aromatic carbocycles. The van der Waals surface area contributed by atoms with E-state index < -0.39 is 6.03 Å². The number of urea groups is 1. The molecule has 0 saturated carbocycles. The average Bonchev–Trinajstić information content (AvgIpc) is 2.69. The topological polar surface area (TPSA) is 87.6 Å². The van der Waals surface area contributed by atoms with E-state index >= 15 is 0 Å². The Hall–Kier alpha value is -3.35. The van der Waals surface area contributed by atoms with Gasteiger partial charge in [0.1, 0.15) is 0 Å². The van der Waals surface area contributed by atoms with Crippen molar-refractivity contribution < 1.29 is 4.79 Å². The molecule has 0 spiro atoms. The van der Waals surface area contributed by atoms with E-state index in [1.807, 2.05) is 78.2 Å². The second-order valence-electron chi connectivity index (χ2n) is 5.34. The lowest BCUT2D eigenvalue weighted by molar-refractivity contribution is 0.246. The van der Waals surface area contributed by atoms with E-state index in [0.29, 0.717) is 5.69 Å². The molecule has 0 fully saturated rings. The Morgan fingerprint density at radius 3 is 1.52 bits per heavy atom. The van der Waals surface area contributed by atoms with Gasteiger partial charge in [0.05, 0.1) is 5.69 Å². The lowest BCUT2D eigenvalue weighted by Crippen LogP contribution is -2.47. The molecule has 0 radical (unpaired) electrons. The fourth-order valence-corrected chi connectivity index (χ4v) is 2.55. The highest BCUT2D eigenvalue weighted by molar-refractivity contribution is 5.90. The third-order valence-corrected chi connectivity index (χ3v) is 3.76. The molecule has 3 rings (SSSR count). The van der Waals surface area contributed by atoms with E-state index in [1.54, 1.807) is 12.1 Å². The summed E-state index contributed by atoms with van der Waals surface area (Å²) in [5, 5.41) is 0.957. The summed E-state index contributed by atoms with van der Waals surface area (Å²) in [5.41, 5.74) is 5.55. The molecule has 6 heteroatoms. The monoisotopic (exact) mass is 333 g/mol. The van der Waals surface area contributed by atoms with Crippen LogP contribution in [0.4, 0.5) is 27.5 Å². The second kappa shape index (κ2) is 7.48. The summed E-state index contributed by atoms with van der Waals surface area (Å²) in [7, 11) is 0. The molecule has 2 amide bonds. The van der Waals surface area contributed by atoms with Crippen LogP contribution in [0, 0.1) is 0 Å². The number of anilines is 4. The first kappa shape index (κ1) is 16.5. The maximum atomic E-state index is 11.5. The molecule has 0 bridgehead atoms. The minimum Gasteiger partial charge on any atom is -0.311 e. The smallest absolute Gasteiger partial charge is 0.311 e. The van der Waals surface area contributed by atoms with Crippen LogP contribution >= 0.6 is 0 Å². The highest BCUT2D eigenvalue weighted by Gasteiger charge is 2.14. The molecule has 0 unspecified atom stereocenters. The highest BCUT2D eigenvalue weighted by atomic mass is 16.2. The van der Waals surface area contributed by atoms with Crippen LogP contribution in [-0.2, 0) is 0 Å². The number of hydrazine groups is 2. The van der Waals surface area contributed by atoms with Gasteiger partial charge in [-0.3, -0.25) is 5.43 Å². The lowest BCUT2D eigenvalue weighted by atomic mass is 10.2. The number of para-hydroxylation sites is 2. The number of carbonyl (C=O) groups is 1. The standard InChI is InChI=1S/C19H19N5O/c20-22-19(25)24(21)18-13-11-17(12-14-18)23(15-7-3-1-4-8-15)16-9-5-2-6-10-16/h1-14H,20-21H2,(H,22,25). The van der Waals surface area contributed by atoms with Crippen LogP contribution in [0.1, 0.15) is 0 Å². The zero-order valence-corrected chi connectivity index (χ0v) is 13.5. The van der Waals surface area contributed by atoms with Gasteiger partial charge in [-0.25, -0.2) is 21.5 Å². The predicted molar refractivity (Wildman–Crippen MR) is 101 cm³/mol. The molecular weight excluding hydrogens is 314 g/mol. The Labute approximate surface area is 146 Å². The number of nitrogens with zero attached hydrogens (tertiary/aromatic N) is 2. The Kier molecular flexibility index (Phi) is 4.94. The summed E-state index contributed by atoms with van der Waals surface area (Å²) >= 11 is 0. The molecule has 0 aliphatic rings. The van der Waals surface area contributed by atoms with E-state index in [2.05, 4.69) is 4.90 Å². The maximum absolute atomic E-state index is 11.5. The summed E-state index contributed by atoms with van der Waals surface area (Å²) in [6.45, 7) is 0. The number of benzene rings is 3. The molecule has 5 N–H and O–H groups in total. The van der Waals surface area contributed by atoms with Crippen molar-refractivity contribution in [3.05, 3.63) is 84.9 Å². The van der Waals surface area contributed by atoms with Gasteiger partial charge < -0.3 is 4.90 Å². The number of amides is 2. The summed E-state index contributed by atoms with van der Waals surface area (Å²) in [6.07, 6.45) is 0. The third kappa shape index (κ3) is 3.60. The van der Waals surface area contributed by atoms with Crippen molar-refractivity contribution in [1.82, 2.24) is 5.43 Å². The Bertz CT molecular complexity index is 782. The normalized spacial score (nSPS) is 10.2. The van der Waals surface area contributed by atoms with Crippen molar-refractivity contribution in [2.75, 3.05) is 9.91 Å². The highest BCUT2D eigenvalue weighted by Crippen LogP contribution is 2.34. The van der Waals surface area contributed by atoms with Crippen molar-refractivity contribution in [3.8, 4) is 0 Å². The average molecular weight is 333 g/mol. The van der Waals surface area contributed by atoms with Gasteiger partial charge in [-0.2, -0.15) is 0 Å². The zero-order chi connectivity index (χ0) is 17.6. The summed E-state index contributed by atoms with van der Waals surface area (Å²) in [6, 6.07) is 26.8. The zero-order valence-electron chi connectivity index (χ0n) is 13.5. The first-order chi connectivity index (χ1) is 12.2. The summed E-state index contributed by atoms with van der Waals surface area (Å²) in [4.78, 5) is 13.6. The van der Waals surface area contributed by atoms with Crippen LogP contribution in [0.2, 0.25) is 0 Å². The van der Waals surface area contributed by atoms with Crippen LogP contribution in [0.5, 0.6) is 0 Å². The van der Waals surface area contributed by atoms with E-state index in [4.69, 9.17) is 11.7 Å². The lowest BCUT2D eigenvalue weighted by Gasteiger charge is -2.26. The van der Waals surface area contributed by atoms with Crippen LogP contribution in [-0.4, -0.2) is 6.03 Å². The van der Waals surface area contributed by atoms with Gasteiger partial charge in [0.15, 0.2) is 0 Å². The third-order valence-electron chi connectivity index (χ3n) is 3.76. The van der Waals surface area contributed by atoms with Crippen molar-refractivity contribution in [2.45, 2.75) is 0 Å². The molecule has 0 aliphatic carbocycles. The first-order valence-corrected chi connectivity index (χ1v) is 7.76. The van der Waals surface area contributed by atoms with Gasteiger partial charge in [0, 0.05) is 17.1 Å². The minimum atomic E-state index is -0.587. The van der Waals surface area contributed by atoms with Crippen molar-refractivity contribution in [2.24, 2.45) is 11.7 Å². The van der Waals surface area contributed by atoms with E-state index in [9.17, 15) is 4.79 Å². The molecule has 3 aromatic rings. The number of rotatable bonds is 4. The van der Waals surface area contributed by atoms with Gasteiger partial charge in [0.25, 0.3) is 0 Å². The number of hydrogen-bond donors (Lipinski definition) is 3. The SMILES string of the molecule is NNC(=O)N(N)c1ccc(N(c2ccccc2)c2ccccc2)cc1. The molecular formula is C19H19N5O. The van der Waals surface area contributed by atoms with E-state index in [0.717, 1.165) is 22.1 Å². The van der Waals surface area contributed by atoms with Gasteiger partial charge >= 0.3 is 6.03 Å². The van der Waals surface area contributed by atoms with Crippen molar-refractivity contribution in [3.63, 3.8) is 0 Å². The molecule has 25 heavy (non-hydrogen) atoms. The first-order valence-electron chi connectivity index (χ1n) is 7.76. The van der Waals surface area contributed by atoms with Gasteiger partial charge in [-0.05, 0) is 48.5 Å². The Balaban J connectivity index is 1.99. The fourth-order valence-electron chi connectivity index (χ4n) is 2.55. The number of nitrogens with two attached hydrogens (primary N) is 2. The quantitative estimate of drug-likeness (QED) is 0.388.